The van der Waals surface area contributed by atoms with Crippen molar-refractivity contribution in [3.8, 4) is 0 Å². The van der Waals surface area contributed by atoms with E-state index in [2.05, 4.69) is 29.3 Å². The Morgan fingerprint density at radius 1 is 1.60 bits per heavy atom. The predicted molar refractivity (Wildman–Crippen MR) is 83.7 cm³/mol. The van der Waals surface area contributed by atoms with Crippen LogP contribution in [0.3, 0.4) is 0 Å². The van der Waals surface area contributed by atoms with Gasteiger partial charge in [-0.25, -0.2) is 0 Å². The Balaban J connectivity index is 2.26. The number of amides is 1. The van der Waals surface area contributed by atoms with E-state index >= 15 is 0 Å². The van der Waals surface area contributed by atoms with Gasteiger partial charge >= 0.3 is 0 Å². The van der Waals surface area contributed by atoms with Crippen LogP contribution >= 0.6 is 11.3 Å². The molecule has 1 fully saturated rings. The minimum Gasteiger partial charge on any atom is -0.347 e. The molecule has 1 aliphatic heterocycles. The van der Waals surface area contributed by atoms with Crippen molar-refractivity contribution >= 4 is 17.2 Å². The molecule has 0 radical (unpaired) electrons. The number of hydrogen-bond donors (Lipinski definition) is 1. The lowest BCUT2D eigenvalue weighted by molar-refractivity contribution is -0.134. The molecule has 1 aliphatic rings. The smallest absolute Gasteiger partial charge is 0.239 e. The van der Waals surface area contributed by atoms with Crippen LogP contribution in [-0.4, -0.2) is 48.4 Å². The Labute approximate surface area is 125 Å². The summed E-state index contributed by atoms with van der Waals surface area (Å²) in [7, 11) is 3.66. The molecule has 2 N–H and O–H groups in total. The maximum atomic E-state index is 12.4. The van der Waals surface area contributed by atoms with E-state index in [-0.39, 0.29) is 24.0 Å². The van der Waals surface area contributed by atoms with Crippen LogP contribution in [0.5, 0.6) is 0 Å². The van der Waals surface area contributed by atoms with Gasteiger partial charge in [0, 0.05) is 25.0 Å². The molecule has 5 heteroatoms. The summed E-state index contributed by atoms with van der Waals surface area (Å²) in [5.74, 6) is 0.201. The number of nitrogens with two attached hydrogens (primary N) is 1. The van der Waals surface area contributed by atoms with Crippen molar-refractivity contribution in [2.45, 2.75) is 44.3 Å². The lowest BCUT2D eigenvalue weighted by Crippen LogP contribution is -2.48. The van der Waals surface area contributed by atoms with E-state index in [9.17, 15) is 4.79 Å². The average Bonchev–Trinajstić information content (AvgIpc) is 3.09. The summed E-state index contributed by atoms with van der Waals surface area (Å²) >= 11 is 1.74. The molecule has 4 nitrogen and oxygen atoms in total. The van der Waals surface area contributed by atoms with Gasteiger partial charge in [0.25, 0.3) is 0 Å². The number of rotatable bonds is 5. The molecule has 1 aromatic heterocycles. The average molecular weight is 295 g/mol. The molecule has 1 saturated heterocycles. The first kappa shape index (κ1) is 15.5. The van der Waals surface area contributed by atoms with Gasteiger partial charge in [-0.1, -0.05) is 13.0 Å². The topological polar surface area (TPSA) is 49.6 Å². The molecule has 20 heavy (non-hydrogen) atoms. The standard InChI is InChI=1S/C15H25N3OS/c1-4-11(16)14(13-8-6-10-20-13)18-9-5-7-12(18)15(19)17(2)3/h6,8,10-12,14H,4-5,7,9,16H2,1-3H3. The third-order valence-electron chi connectivity index (χ3n) is 4.09. The number of likely N-dealkylation sites (tertiary alicyclic amines) is 1. The summed E-state index contributed by atoms with van der Waals surface area (Å²) in [5.41, 5.74) is 6.37. The Bertz CT molecular complexity index is 432. The molecule has 3 atom stereocenters. The van der Waals surface area contributed by atoms with Crippen LogP contribution < -0.4 is 5.73 Å². The van der Waals surface area contributed by atoms with Crippen molar-refractivity contribution in [3.63, 3.8) is 0 Å². The van der Waals surface area contributed by atoms with Crippen LogP contribution in [0.1, 0.15) is 37.1 Å². The molecule has 0 saturated carbocycles. The van der Waals surface area contributed by atoms with E-state index in [0.717, 1.165) is 25.8 Å². The molecule has 0 spiro atoms. The largest absolute Gasteiger partial charge is 0.347 e. The van der Waals surface area contributed by atoms with Crippen molar-refractivity contribution in [1.82, 2.24) is 9.80 Å². The number of likely N-dealkylation sites (N-methyl/N-ethyl adjacent to an activating group) is 1. The first-order valence-corrected chi connectivity index (χ1v) is 8.20. The molecular weight excluding hydrogens is 270 g/mol. The van der Waals surface area contributed by atoms with Crippen molar-refractivity contribution in [2.24, 2.45) is 5.73 Å². The lowest BCUT2D eigenvalue weighted by atomic mass is 10.0. The molecule has 0 bridgehead atoms. The maximum Gasteiger partial charge on any atom is 0.239 e. The van der Waals surface area contributed by atoms with Gasteiger partial charge in [0.1, 0.15) is 0 Å². The SMILES string of the molecule is CCC(N)C(c1cccs1)N1CCCC1C(=O)N(C)C. The van der Waals surface area contributed by atoms with E-state index < -0.39 is 0 Å². The van der Waals surface area contributed by atoms with Crippen LogP contribution in [0.2, 0.25) is 0 Å². The normalized spacial score (nSPS) is 22.7. The number of carbonyl (C=O) groups excluding carboxylic acids is 1. The number of nitrogens with zero attached hydrogens (tertiary/aromatic N) is 2. The minimum atomic E-state index is -0.0188. The third kappa shape index (κ3) is 3.05. The Kier molecular flexibility index (Phi) is 5.18. The number of carbonyl (C=O) groups is 1. The highest BCUT2D eigenvalue weighted by Crippen LogP contribution is 2.35. The molecule has 3 unspecified atom stereocenters. The van der Waals surface area contributed by atoms with Crippen LogP contribution in [0, 0.1) is 0 Å². The first-order chi connectivity index (χ1) is 9.56. The van der Waals surface area contributed by atoms with Gasteiger partial charge in [-0.05, 0) is 37.3 Å². The van der Waals surface area contributed by atoms with Crippen LogP contribution in [0.15, 0.2) is 17.5 Å². The maximum absolute atomic E-state index is 12.4. The summed E-state index contributed by atoms with van der Waals surface area (Å²) in [6.07, 6.45) is 2.93. The van der Waals surface area contributed by atoms with Gasteiger partial charge in [-0.15, -0.1) is 11.3 Å². The van der Waals surface area contributed by atoms with E-state index in [1.807, 2.05) is 14.1 Å². The quantitative estimate of drug-likeness (QED) is 0.905. The zero-order valence-electron chi connectivity index (χ0n) is 12.6. The second kappa shape index (κ2) is 6.70. The summed E-state index contributed by atoms with van der Waals surface area (Å²) in [6.45, 7) is 3.07. The van der Waals surface area contributed by atoms with E-state index in [0.29, 0.717) is 0 Å². The van der Waals surface area contributed by atoms with Crippen molar-refractivity contribution < 1.29 is 4.79 Å². The summed E-state index contributed by atoms with van der Waals surface area (Å²) < 4.78 is 0. The molecular formula is C15H25N3OS. The molecule has 1 amide bonds. The third-order valence-corrected chi connectivity index (χ3v) is 5.03. The van der Waals surface area contributed by atoms with Crippen molar-refractivity contribution in [2.75, 3.05) is 20.6 Å². The second-order valence-corrected chi connectivity index (χ2v) is 6.64. The van der Waals surface area contributed by atoms with Crippen LogP contribution in [0.25, 0.3) is 0 Å². The van der Waals surface area contributed by atoms with E-state index in [4.69, 9.17) is 5.73 Å². The monoisotopic (exact) mass is 295 g/mol. The second-order valence-electron chi connectivity index (χ2n) is 5.66. The molecule has 2 rings (SSSR count). The molecule has 1 aromatic rings. The molecule has 0 aliphatic carbocycles. The molecule has 0 aromatic carbocycles. The fraction of sp³-hybridized carbons (Fsp3) is 0.667. The fourth-order valence-electron chi connectivity index (χ4n) is 2.99. The number of thiophene rings is 1. The predicted octanol–water partition coefficient (Wildman–Crippen LogP) is 2.08. The van der Waals surface area contributed by atoms with E-state index in [1.165, 1.54) is 4.88 Å². The van der Waals surface area contributed by atoms with Crippen LogP contribution in [-0.2, 0) is 4.79 Å². The molecule has 112 valence electrons. The van der Waals surface area contributed by atoms with Crippen molar-refractivity contribution in [1.29, 1.82) is 0 Å². The minimum absolute atomic E-state index is 0.0188. The van der Waals surface area contributed by atoms with Gasteiger partial charge in [0.15, 0.2) is 0 Å². The zero-order valence-corrected chi connectivity index (χ0v) is 13.4. The molecule has 2 heterocycles. The first-order valence-electron chi connectivity index (χ1n) is 7.32. The summed E-state index contributed by atoms with van der Waals surface area (Å²) in [4.78, 5) is 17.7. The highest BCUT2D eigenvalue weighted by Gasteiger charge is 2.39. The van der Waals surface area contributed by atoms with E-state index in [1.54, 1.807) is 16.2 Å². The Morgan fingerprint density at radius 3 is 2.90 bits per heavy atom. The van der Waals surface area contributed by atoms with Crippen LogP contribution in [0.4, 0.5) is 0 Å². The zero-order chi connectivity index (χ0) is 14.7. The van der Waals surface area contributed by atoms with Gasteiger partial charge < -0.3 is 10.6 Å². The van der Waals surface area contributed by atoms with Gasteiger partial charge in [0.2, 0.25) is 5.91 Å². The number of hydrogen-bond acceptors (Lipinski definition) is 4. The Hall–Kier alpha value is -0.910. The fourth-order valence-corrected chi connectivity index (χ4v) is 3.91. The summed E-state index contributed by atoms with van der Waals surface area (Å²) in [5, 5.41) is 2.09. The van der Waals surface area contributed by atoms with Gasteiger partial charge in [0.05, 0.1) is 12.1 Å². The van der Waals surface area contributed by atoms with Crippen molar-refractivity contribution in [3.05, 3.63) is 22.4 Å². The highest BCUT2D eigenvalue weighted by molar-refractivity contribution is 7.10. The van der Waals surface area contributed by atoms with Gasteiger partial charge in [-0.3, -0.25) is 9.69 Å². The van der Waals surface area contributed by atoms with Gasteiger partial charge in [-0.2, -0.15) is 0 Å². The Morgan fingerprint density at radius 2 is 2.35 bits per heavy atom. The highest BCUT2D eigenvalue weighted by atomic mass is 32.1. The summed E-state index contributed by atoms with van der Waals surface area (Å²) in [6, 6.07) is 4.42. The lowest BCUT2D eigenvalue weighted by Gasteiger charge is -2.36.